The summed E-state index contributed by atoms with van der Waals surface area (Å²) in [6.07, 6.45) is 6.77. The Balaban J connectivity index is 1.59. The van der Waals surface area contributed by atoms with Gasteiger partial charge in [0.25, 0.3) is 0 Å². The zero-order chi connectivity index (χ0) is 21.0. The van der Waals surface area contributed by atoms with Crippen LogP contribution >= 0.6 is 31.9 Å². The van der Waals surface area contributed by atoms with E-state index in [0.717, 1.165) is 19.3 Å². The lowest BCUT2D eigenvalue weighted by molar-refractivity contribution is -0.122. The zero-order valence-corrected chi connectivity index (χ0v) is 19.8. The monoisotopic (exact) mass is 527 g/mol. The van der Waals surface area contributed by atoms with E-state index in [1.807, 2.05) is 0 Å². The molecule has 2 aliphatic rings. The van der Waals surface area contributed by atoms with Crippen LogP contribution in [-0.4, -0.2) is 34.0 Å². The number of carbonyl (C=O) groups excluding carboxylic acids is 3. The van der Waals surface area contributed by atoms with Crippen molar-refractivity contribution in [1.29, 1.82) is 0 Å². The molecule has 1 heterocycles. The van der Waals surface area contributed by atoms with Gasteiger partial charge in [-0.3, -0.25) is 14.5 Å². The Morgan fingerprint density at radius 2 is 1.52 bits per heavy atom. The van der Waals surface area contributed by atoms with Gasteiger partial charge in [-0.05, 0) is 43.5 Å². The molecule has 1 saturated carbocycles. The molecule has 0 aromatic heterocycles. The lowest BCUT2D eigenvalue weighted by atomic mass is 9.81. The summed E-state index contributed by atoms with van der Waals surface area (Å²) in [7, 11) is 0. The molecule has 0 unspecified atom stereocenters. The third-order valence-corrected chi connectivity index (χ3v) is 8.49. The number of amides is 2. The Morgan fingerprint density at radius 3 is 2.07 bits per heavy atom. The molecule has 1 aliphatic carbocycles. The van der Waals surface area contributed by atoms with Gasteiger partial charge in [0.05, 0.1) is 29.7 Å². The minimum Gasteiger partial charge on any atom is -0.462 e. The Morgan fingerprint density at radius 1 is 0.966 bits per heavy atom. The van der Waals surface area contributed by atoms with E-state index < -0.39 is 0 Å². The summed E-state index contributed by atoms with van der Waals surface area (Å²) in [6.45, 7) is 2.58. The number of hydrogen-bond acceptors (Lipinski definition) is 4. The molecule has 0 radical (unpaired) electrons. The van der Waals surface area contributed by atoms with Crippen molar-refractivity contribution in [2.45, 2.75) is 61.5 Å². The van der Waals surface area contributed by atoms with Crippen molar-refractivity contribution in [2.75, 3.05) is 11.5 Å². The van der Waals surface area contributed by atoms with E-state index in [2.05, 4.69) is 38.8 Å². The Labute approximate surface area is 188 Å². The van der Waals surface area contributed by atoms with Crippen molar-refractivity contribution in [3.63, 3.8) is 0 Å². The van der Waals surface area contributed by atoms with Crippen LogP contribution in [0.25, 0.3) is 0 Å². The number of benzene rings is 1. The van der Waals surface area contributed by atoms with Crippen molar-refractivity contribution in [1.82, 2.24) is 0 Å². The number of rotatable bonds is 8. The van der Waals surface area contributed by atoms with Crippen LogP contribution in [0.1, 0.15) is 62.2 Å². The number of fused-ring (bicyclic) bond motifs is 1. The maximum atomic E-state index is 12.8. The van der Waals surface area contributed by atoms with Crippen molar-refractivity contribution in [3.05, 3.63) is 29.8 Å². The lowest BCUT2D eigenvalue weighted by Gasteiger charge is -2.29. The van der Waals surface area contributed by atoms with Crippen LogP contribution in [-0.2, 0) is 14.3 Å². The molecular weight excluding hydrogens is 502 g/mol. The van der Waals surface area contributed by atoms with Gasteiger partial charge in [-0.1, -0.05) is 64.5 Å². The van der Waals surface area contributed by atoms with E-state index >= 15 is 0 Å². The van der Waals surface area contributed by atoms with Gasteiger partial charge in [-0.2, -0.15) is 0 Å². The number of carbonyl (C=O) groups is 3. The predicted molar refractivity (Wildman–Crippen MR) is 120 cm³/mol. The van der Waals surface area contributed by atoms with Crippen LogP contribution < -0.4 is 4.90 Å². The molecule has 7 heteroatoms. The van der Waals surface area contributed by atoms with Crippen molar-refractivity contribution >= 4 is 55.3 Å². The molecule has 0 bridgehead atoms. The van der Waals surface area contributed by atoms with Crippen LogP contribution in [0.5, 0.6) is 0 Å². The fourth-order valence-electron chi connectivity index (χ4n) is 4.05. The van der Waals surface area contributed by atoms with Gasteiger partial charge >= 0.3 is 5.97 Å². The molecular formula is C22H27Br2NO4. The Kier molecular flexibility index (Phi) is 7.91. The summed E-state index contributed by atoms with van der Waals surface area (Å²) in [4.78, 5) is 39.5. The standard InChI is InChI=1S/C22H27Br2NO4/c1-2-3-4-5-6-11-29-22(28)14-7-9-15(10-8-14)25-20(26)16-12-18(23)19(24)13-17(16)21(25)27/h7-10,16-19H,2-6,11-13H2,1H3/t16-,17-,18+,19+/m1/s1. The number of imide groups is 1. The number of hydrogen-bond donors (Lipinski definition) is 0. The lowest BCUT2D eigenvalue weighted by Crippen LogP contribution is -2.34. The second-order valence-electron chi connectivity index (χ2n) is 7.83. The summed E-state index contributed by atoms with van der Waals surface area (Å²) in [5.74, 6) is -1.22. The molecule has 3 rings (SSSR count). The Bertz CT molecular complexity index is 724. The highest BCUT2D eigenvalue weighted by molar-refractivity contribution is 9.12. The minimum absolute atomic E-state index is 0.147. The molecule has 1 saturated heterocycles. The largest absolute Gasteiger partial charge is 0.462 e. The molecule has 158 valence electrons. The van der Waals surface area contributed by atoms with Crippen LogP contribution in [0.2, 0.25) is 0 Å². The number of unbranched alkanes of at least 4 members (excludes halogenated alkanes) is 4. The fraction of sp³-hybridized carbons (Fsp3) is 0.591. The second kappa shape index (κ2) is 10.2. The number of alkyl halides is 2. The molecule has 29 heavy (non-hydrogen) atoms. The summed E-state index contributed by atoms with van der Waals surface area (Å²) in [6, 6.07) is 6.56. The van der Waals surface area contributed by atoms with E-state index in [9.17, 15) is 14.4 Å². The highest BCUT2D eigenvalue weighted by atomic mass is 79.9. The second-order valence-corrected chi connectivity index (χ2v) is 10.2. The molecule has 1 aromatic carbocycles. The average molecular weight is 529 g/mol. The van der Waals surface area contributed by atoms with Crippen molar-refractivity contribution < 1.29 is 19.1 Å². The SMILES string of the molecule is CCCCCCCOC(=O)c1ccc(N2C(=O)[C@@H]3C[C@H](Br)[C@@H](Br)C[C@H]3C2=O)cc1. The molecule has 0 spiro atoms. The van der Waals surface area contributed by atoms with Gasteiger partial charge in [0.15, 0.2) is 0 Å². The van der Waals surface area contributed by atoms with Crippen LogP contribution in [0.4, 0.5) is 5.69 Å². The first-order valence-electron chi connectivity index (χ1n) is 10.4. The van der Waals surface area contributed by atoms with Gasteiger partial charge in [0.2, 0.25) is 11.8 Å². The predicted octanol–water partition coefficient (Wildman–Crippen LogP) is 5.24. The molecule has 1 aliphatic heterocycles. The van der Waals surface area contributed by atoms with E-state index in [1.54, 1.807) is 24.3 Å². The summed E-state index contributed by atoms with van der Waals surface area (Å²) >= 11 is 7.19. The number of nitrogens with zero attached hydrogens (tertiary/aromatic N) is 1. The molecule has 0 N–H and O–H groups in total. The number of halogens is 2. The Hall–Kier alpha value is -1.21. The fourth-order valence-corrected chi connectivity index (χ4v) is 5.29. The third kappa shape index (κ3) is 5.10. The van der Waals surface area contributed by atoms with Crippen molar-refractivity contribution in [3.8, 4) is 0 Å². The quantitative estimate of drug-likeness (QED) is 0.200. The van der Waals surface area contributed by atoms with Gasteiger partial charge in [-0.15, -0.1) is 0 Å². The smallest absolute Gasteiger partial charge is 0.338 e. The first kappa shape index (κ1) is 22.5. The molecule has 1 aromatic rings. The van der Waals surface area contributed by atoms with Gasteiger partial charge in [-0.25, -0.2) is 4.79 Å². The maximum Gasteiger partial charge on any atom is 0.338 e. The maximum absolute atomic E-state index is 12.8. The first-order chi connectivity index (χ1) is 13.9. The highest BCUT2D eigenvalue weighted by Gasteiger charge is 2.52. The first-order valence-corrected chi connectivity index (χ1v) is 12.2. The topological polar surface area (TPSA) is 63.7 Å². The molecule has 5 nitrogen and oxygen atoms in total. The van der Waals surface area contributed by atoms with Crippen LogP contribution in [0.15, 0.2) is 24.3 Å². The number of anilines is 1. The number of esters is 1. The van der Waals surface area contributed by atoms with Crippen LogP contribution in [0.3, 0.4) is 0 Å². The highest BCUT2D eigenvalue weighted by Crippen LogP contribution is 2.44. The normalized spacial score (nSPS) is 26.5. The van der Waals surface area contributed by atoms with E-state index in [4.69, 9.17) is 4.74 Å². The third-order valence-electron chi connectivity index (χ3n) is 5.75. The van der Waals surface area contributed by atoms with E-state index in [0.29, 0.717) is 30.7 Å². The molecule has 2 amide bonds. The van der Waals surface area contributed by atoms with Gasteiger partial charge < -0.3 is 4.74 Å². The summed E-state index contributed by atoms with van der Waals surface area (Å²) < 4.78 is 5.32. The van der Waals surface area contributed by atoms with E-state index in [1.165, 1.54) is 17.7 Å². The van der Waals surface area contributed by atoms with Gasteiger partial charge in [0.1, 0.15) is 0 Å². The summed E-state index contributed by atoms with van der Waals surface area (Å²) in [5.41, 5.74) is 0.947. The molecule has 4 atom stereocenters. The van der Waals surface area contributed by atoms with Gasteiger partial charge in [0, 0.05) is 9.65 Å². The minimum atomic E-state index is -0.371. The average Bonchev–Trinajstić information content (AvgIpc) is 2.95. The summed E-state index contributed by atoms with van der Waals surface area (Å²) in [5, 5.41) is 0. The molecule has 2 fully saturated rings. The van der Waals surface area contributed by atoms with Crippen LogP contribution in [0, 0.1) is 11.8 Å². The number of ether oxygens (including phenoxy) is 1. The van der Waals surface area contributed by atoms with E-state index in [-0.39, 0.29) is 39.3 Å². The van der Waals surface area contributed by atoms with Crippen molar-refractivity contribution in [2.24, 2.45) is 11.8 Å². The zero-order valence-electron chi connectivity index (χ0n) is 16.6.